The first-order chi connectivity index (χ1) is 16.3. The van der Waals surface area contributed by atoms with Gasteiger partial charge in [-0.3, -0.25) is 10.2 Å². The highest BCUT2D eigenvalue weighted by Gasteiger charge is 2.26. The Kier molecular flexibility index (Phi) is 7.41. The standard InChI is InChI=1S/C28H33N3O3S/c1-27(2,3)19-14-17(15-20(25(19)34)28(4,5)6)9-12-24(33)31-21-16-18(10-11-22(21)32)30-26(29)23-8-7-13-35-23/h7-16,32,34H,1-6H3,(H2,29,30)(H,31,33)/b12-9+. The van der Waals surface area contributed by atoms with Gasteiger partial charge >= 0.3 is 0 Å². The maximum absolute atomic E-state index is 12.7. The highest BCUT2D eigenvalue weighted by Crippen LogP contribution is 2.40. The number of rotatable bonds is 5. The smallest absolute Gasteiger partial charge is 0.248 e. The van der Waals surface area contributed by atoms with Crippen LogP contribution in [0.25, 0.3) is 6.08 Å². The quantitative estimate of drug-likeness (QED) is 0.0885. The minimum atomic E-state index is -0.409. The molecule has 1 amide bonds. The zero-order valence-corrected chi connectivity index (χ0v) is 21.8. The van der Waals surface area contributed by atoms with E-state index in [2.05, 4.69) is 10.6 Å². The van der Waals surface area contributed by atoms with Crippen molar-refractivity contribution in [3.63, 3.8) is 0 Å². The summed E-state index contributed by atoms with van der Waals surface area (Å²) in [6.07, 6.45) is 3.10. The number of carbonyl (C=O) groups excluding carboxylic acids is 1. The average Bonchev–Trinajstić information content (AvgIpc) is 3.29. The number of phenols is 2. The zero-order chi connectivity index (χ0) is 26.0. The lowest BCUT2D eigenvalue weighted by Crippen LogP contribution is -2.17. The Hall–Kier alpha value is -3.58. The molecule has 0 fully saturated rings. The van der Waals surface area contributed by atoms with Crippen LogP contribution in [0.4, 0.5) is 11.4 Å². The van der Waals surface area contributed by atoms with Gasteiger partial charge in [0.15, 0.2) is 0 Å². The van der Waals surface area contributed by atoms with E-state index in [4.69, 9.17) is 5.41 Å². The molecule has 0 atom stereocenters. The molecule has 1 aromatic heterocycles. The molecule has 6 nitrogen and oxygen atoms in total. The second kappa shape index (κ2) is 9.96. The SMILES string of the molecule is CC(C)(C)c1cc(/C=C/C(=O)Nc2cc(NC(=N)c3cccs3)ccc2O)cc(C(C)(C)C)c1O. The number of aromatic hydroxyl groups is 2. The highest BCUT2D eigenvalue weighted by atomic mass is 32.1. The van der Waals surface area contributed by atoms with Crippen LogP contribution in [-0.4, -0.2) is 22.0 Å². The Labute approximate surface area is 210 Å². The maximum atomic E-state index is 12.7. The monoisotopic (exact) mass is 491 g/mol. The van der Waals surface area contributed by atoms with E-state index in [0.29, 0.717) is 5.69 Å². The minimum absolute atomic E-state index is 0.0744. The summed E-state index contributed by atoms with van der Waals surface area (Å²) < 4.78 is 0. The lowest BCUT2D eigenvalue weighted by molar-refractivity contribution is -0.111. The Morgan fingerprint density at radius 3 is 2.11 bits per heavy atom. The van der Waals surface area contributed by atoms with E-state index >= 15 is 0 Å². The van der Waals surface area contributed by atoms with Crippen molar-refractivity contribution < 1.29 is 15.0 Å². The van der Waals surface area contributed by atoms with E-state index in [9.17, 15) is 15.0 Å². The van der Waals surface area contributed by atoms with Crippen LogP contribution in [0.1, 0.15) is 63.1 Å². The summed E-state index contributed by atoms with van der Waals surface area (Å²) in [5.41, 5.74) is 2.70. The van der Waals surface area contributed by atoms with E-state index < -0.39 is 5.91 Å². The van der Waals surface area contributed by atoms with Crippen LogP contribution in [0.15, 0.2) is 53.9 Å². The molecule has 0 saturated heterocycles. The molecule has 0 radical (unpaired) electrons. The fraction of sp³-hybridized carbons (Fsp3) is 0.286. The van der Waals surface area contributed by atoms with E-state index in [1.54, 1.807) is 18.2 Å². The van der Waals surface area contributed by atoms with Crippen molar-refractivity contribution in [1.82, 2.24) is 0 Å². The molecule has 0 aliphatic carbocycles. The third-order valence-electron chi connectivity index (χ3n) is 5.47. The molecular weight excluding hydrogens is 458 g/mol. The van der Waals surface area contributed by atoms with Crippen LogP contribution in [-0.2, 0) is 15.6 Å². The van der Waals surface area contributed by atoms with E-state index in [-0.39, 0.29) is 33.9 Å². The van der Waals surface area contributed by atoms with Gasteiger partial charge in [0.25, 0.3) is 0 Å². The van der Waals surface area contributed by atoms with Gasteiger partial charge in [-0.1, -0.05) is 47.6 Å². The first-order valence-electron chi connectivity index (χ1n) is 11.3. The van der Waals surface area contributed by atoms with E-state index in [1.807, 2.05) is 71.2 Å². The molecule has 35 heavy (non-hydrogen) atoms. The summed E-state index contributed by atoms with van der Waals surface area (Å²) in [6.45, 7) is 12.2. The molecule has 5 N–H and O–H groups in total. The van der Waals surface area contributed by atoms with Crippen LogP contribution >= 0.6 is 11.3 Å². The molecule has 0 unspecified atom stereocenters. The third kappa shape index (κ3) is 6.51. The van der Waals surface area contributed by atoms with Crippen molar-refractivity contribution in [2.45, 2.75) is 52.4 Å². The molecule has 0 bridgehead atoms. The highest BCUT2D eigenvalue weighted by molar-refractivity contribution is 7.12. The lowest BCUT2D eigenvalue weighted by Gasteiger charge is -2.27. The largest absolute Gasteiger partial charge is 0.507 e. The molecule has 0 saturated carbocycles. The first kappa shape index (κ1) is 26.0. The molecule has 3 rings (SSSR count). The average molecular weight is 492 g/mol. The first-order valence-corrected chi connectivity index (χ1v) is 12.2. The predicted molar refractivity (Wildman–Crippen MR) is 146 cm³/mol. The summed E-state index contributed by atoms with van der Waals surface area (Å²) >= 11 is 1.45. The summed E-state index contributed by atoms with van der Waals surface area (Å²) in [6, 6.07) is 12.2. The number of anilines is 2. The summed E-state index contributed by atoms with van der Waals surface area (Å²) in [5.74, 6) is 0.0385. The van der Waals surface area contributed by atoms with Crippen molar-refractivity contribution in [1.29, 1.82) is 5.41 Å². The molecule has 0 spiro atoms. The van der Waals surface area contributed by atoms with Gasteiger partial charge in [-0.15, -0.1) is 11.3 Å². The Morgan fingerprint density at radius 1 is 0.943 bits per heavy atom. The normalized spacial score (nSPS) is 12.1. The van der Waals surface area contributed by atoms with Crippen molar-refractivity contribution >= 4 is 40.5 Å². The number of benzene rings is 2. The third-order valence-corrected chi connectivity index (χ3v) is 6.35. The minimum Gasteiger partial charge on any atom is -0.507 e. The molecule has 2 aromatic carbocycles. The summed E-state index contributed by atoms with van der Waals surface area (Å²) in [4.78, 5) is 13.5. The number of amides is 1. The fourth-order valence-electron chi connectivity index (χ4n) is 3.58. The molecule has 3 aromatic rings. The summed E-state index contributed by atoms with van der Waals surface area (Å²) in [5, 5.41) is 36.8. The topological polar surface area (TPSA) is 105 Å². The van der Waals surface area contributed by atoms with Gasteiger partial charge in [0.2, 0.25) is 5.91 Å². The maximum Gasteiger partial charge on any atom is 0.248 e. The number of hydrogen-bond donors (Lipinski definition) is 5. The van der Waals surface area contributed by atoms with Crippen LogP contribution < -0.4 is 10.6 Å². The van der Waals surface area contributed by atoms with Gasteiger partial charge in [0.1, 0.15) is 17.3 Å². The van der Waals surface area contributed by atoms with Gasteiger partial charge in [-0.25, -0.2) is 0 Å². The number of nitrogens with one attached hydrogen (secondary N) is 3. The number of hydrogen-bond acceptors (Lipinski definition) is 5. The molecule has 1 heterocycles. The Bertz CT molecular complexity index is 1230. The van der Waals surface area contributed by atoms with Gasteiger partial charge in [0.05, 0.1) is 10.6 Å². The van der Waals surface area contributed by atoms with Crippen LogP contribution in [0.3, 0.4) is 0 Å². The molecule has 184 valence electrons. The molecule has 0 aliphatic heterocycles. The molecular formula is C28H33N3O3S. The number of thiophene rings is 1. The van der Waals surface area contributed by atoms with Crippen LogP contribution in [0.5, 0.6) is 11.5 Å². The number of phenolic OH excluding ortho intramolecular Hbond substituents is 2. The van der Waals surface area contributed by atoms with Gasteiger partial charge in [-0.05, 0) is 64.2 Å². The summed E-state index contributed by atoms with van der Waals surface area (Å²) in [7, 11) is 0. The zero-order valence-electron chi connectivity index (χ0n) is 21.0. The lowest BCUT2D eigenvalue weighted by atomic mass is 9.78. The van der Waals surface area contributed by atoms with Crippen molar-refractivity contribution in [2.75, 3.05) is 10.6 Å². The van der Waals surface area contributed by atoms with Crippen LogP contribution in [0.2, 0.25) is 0 Å². The van der Waals surface area contributed by atoms with E-state index in [1.165, 1.54) is 23.5 Å². The Balaban J connectivity index is 1.81. The van der Waals surface area contributed by atoms with Crippen LogP contribution in [0, 0.1) is 5.41 Å². The van der Waals surface area contributed by atoms with Crippen molar-refractivity contribution in [3.05, 3.63) is 75.5 Å². The number of amidine groups is 1. The van der Waals surface area contributed by atoms with Gasteiger partial charge in [0, 0.05) is 22.9 Å². The predicted octanol–water partition coefficient (Wildman–Crippen LogP) is 6.84. The Morgan fingerprint density at radius 2 is 1.57 bits per heavy atom. The molecule has 0 aliphatic rings. The van der Waals surface area contributed by atoms with E-state index in [0.717, 1.165) is 21.6 Å². The second-order valence-corrected chi connectivity index (χ2v) is 11.4. The van der Waals surface area contributed by atoms with Gasteiger partial charge in [-0.2, -0.15) is 0 Å². The number of carbonyl (C=O) groups is 1. The van der Waals surface area contributed by atoms with Crippen molar-refractivity contribution in [2.24, 2.45) is 0 Å². The molecule has 7 heteroatoms. The van der Waals surface area contributed by atoms with Crippen molar-refractivity contribution in [3.8, 4) is 11.5 Å². The second-order valence-electron chi connectivity index (χ2n) is 10.5. The van der Waals surface area contributed by atoms with Gasteiger partial charge < -0.3 is 20.8 Å². The fourth-order valence-corrected chi connectivity index (χ4v) is 4.21.